The lowest BCUT2D eigenvalue weighted by Crippen LogP contribution is -2.53. The van der Waals surface area contributed by atoms with Crippen molar-refractivity contribution in [2.45, 2.75) is 50.6 Å². The maximum atomic E-state index is 13.0. The second kappa shape index (κ2) is 10.8. The van der Waals surface area contributed by atoms with Crippen LogP contribution in [0.2, 0.25) is 0 Å². The number of nitrogens with zero attached hydrogens (tertiary/aromatic N) is 1. The molecule has 0 spiro atoms. The number of carbonyl (C=O) groups is 2. The molecule has 9 heteroatoms. The van der Waals surface area contributed by atoms with Gasteiger partial charge >= 0.3 is 5.97 Å². The van der Waals surface area contributed by atoms with Crippen molar-refractivity contribution in [1.82, 2.24) is 15.0 Å². The van der Waals surface area contributed by atoms with Crippen molar-refractivity contribution < 1.29 is 23.1 Å². The number of aliphatic carboxylic acids is 1. The van der Waals surface area contributed by atoms with Gasteiger partial charge in [-0.1, -0.05) is 55.8 Å². The fourth-order valence-electron chi connectivity index (χ4n) is 3.52. The molecule has 2 unspecified atom stereocenters. The van der Waals surface area contributed by atoms with E-state index in [0.29, 0.717) is 12.1 Å². The van der Waals surface area contributed by atoms with E-state index in [9.17, 15) is 23.1 Å². The monoisotopic (exact) mass is 483 g/mol. The Morgan fingerprint density at radius 1 is 1.00 bits per heavy atom. The van der Waals surface area contributed by atoms with Gasteiger partial charge < -0.3 is 10.4 Å². The molecule has 0 radical (unpaired) electrons. The second-order valence-corrected chi connectivity index (χ2v) is 10.3. The molecule has 3 rings (SSSR count). The van der Waals surface area contributed by atoms with Crippen molar-refractivity contribution in [3.63, 3.8) is 0 Å². The third kappa shape index (κ3) is 6.39. The Kier molecular flexibility index (Phi) is 8.01. The topological polar surface area (TPSA) is 125 Å². The minimum Gasteiger partial charge on any atom is -0.480 e. The minimum atomic E-state index is -4.02. The number of carboxylic acids is 1. The van der Waals surface area contributed by atoms with Crippen LogP contribution < -0.4 is 10.0 Å². The molecule has 180 valence electrons. The zero-order valence-corrected chi connectivity index (χ0v) is 20.2. The third-order valence-electron chi connectivity index (χ3n) is 5.52. The van der Waals surface area contributed by atoms with E-state index in [1.165, 1.54) is 12.1 Å². The molecule has 8 nitrogen and oxygen atoms in total. The molecule has 3 N–H and O–H groups in total. The van der Waals surface area contributed by atoms with E-state index >= 15 is 0 Å². The normalized spacial score (nSPS) is 13.5. The van der Waals surface area contributed by atoms with Gasteiger partial charge in [-0.2, -0.15) is 4.72 Å². The predicted molar refractivity (Wildman–Crippen MR) is 130 cm³/mol. The van der Waals surface area contributed by atoms with Gasteiger partial charge in [-0.15, -0.1) is 0 Å². The number of hydrogen-bond donors (Lipinski definition) is 3. The first-order chi connectivity index (χ1) is 16.1. The molecule has 0 saturated heterocycles. The summed E-state index contributed by atoms with van der Waals surface area (Å²) in [7, 11) is -4.02. The van der Waals surface area contributed by atoms with Gasteiger partial charge in [0.2, 0.25) is 15.9 Å². The Morgan fingerprint density at radius 2 is 1.68 bits per heavy atom. The first-order valence-corrected chi connectivity index (χ1v) is 12.5. The van der Waals surface area contributed by atoms with Crippen LogP contribution in [0.25, 0.3) is 10.9 Å². The lowest BCUT2D eigenvalue weighted by molar-refractivity contribution is -0.143. The van der Waals surface area contributed by atoms with Crippen molar-refractivity contribution in [2.75, 3.05) is 0 Å². The number of hydrogen-bond acceptors (Lipinski definition) is 5. The maximum absolute atomic E-state index is 13.0. The smallest absolute Gasteiger partial charge is 0.326 e. The number of carbonyl (C=O) groups excluding carboxylic acids is 1. The number of sulfonamides is 1. The van der Waals surface area contributed by atoms with Crippen molar-refractivity contribution in [2.24, 2.45) is 5.92 Å². The average Bonchev–Trinajstić information content (AvgIpc) is 2.79. The van der Waals surface area contributed by atoms with Gasteiger partial charge in [0, 0.05) is 11.1 Å². The van der Waals surface area contributed by atoms with Crippen LogP contribution in [-0.2, 0) is 26.0 Å². The first-order valence-electron chi connectivity index (χ1n) is 11.0. The van der Waals surface area contributed by atoms with Gasteiger partial charge in [0.25, 0.3) is 0 Å². The van der Waals surface area contributed by atoms with Crippen LogP contribution >= 0.6 is 0 Å². The number of aromatic nitrogens is 1. The summed E-state index contributed by atoms with van der Waals surface area (Å²) < 4.78 is 28.4. The fraction of sp³-hybridized carbons (Fsp3) is 0.320. The Labute approximate surface area is 199 Å². The van der Waals surface area contributed by atoms with Gasteiger partial charge in [-0.05, 0) is 49.9 Å². The predicted octanol–water partition coefficient (Wildman–Crippen LogP) is 3.05. The summed E-state index contributed by atoms with van der Waals surface area (Å²) in [6.07, 6.45) is 0.422. The van der Waals surface area contributed by atoms with Crippen LogP contribution in [0.5, 0.6) is 0 Å². The molecule has 0 bridgehead atoms. The number of nitrogens with one attached hydrogen (secondary N) is 2. The average molecular weight is 484 g/mol. The number of rotatable bonds is 10. The van der Waals surface area contributed by atoms with E-state index in [1.54, 1.807) is 26.0 Å². The number of fused-ring (bicyclic) bond motifs is 1. The lowest BCUT2D eigenvalue weighted by atomic mass is 10.0. The Bertz CT molecular complexity index is 1270. The molecular weight excluding hydrogens is 454 g/mol. The molecule has 2 aromatic carbocycles. The second-order valence-electron chi connectivity index (χ2n) is 8.59. The highest BCUT2D eigenvalue weighted by atomic mass is 32.2. The summed E-state index contributed by atoms with van der Waals surface area (Å²) in [5, 5.41) is 12.9. The van der Waals surface area contributed by atoms with E-state index in [4.69, 9.17) is 0 Å². The summed E-state index contributed by atoms with van der Waals surface area (Å²) in [5.74, 6) is -2.25. The summed E-state index contributed by atoms with van der Waals surface area (Å²) >= 11 is 0. The minimum absolute atomic E-state index is 0.0263. The number of aryl methyl sites for hydroxylation is 2. The summed E-state index contributed by atoms with van der Waals surface area (Å²) in [6.45, 7) is 5.18. The number of pyridine rings is 1. The van der Waals surface area contributed by atoms with E-state index < -0.39 is 34.0 Å². The molecule has 34 heavy (non-hydrogen) atoms. The number of para-hydroxylation sites is 1. The summed E-state index contributed by atoms with van der Waals surface area (Å²) in [6, 6.07) is 15.3. The Balaban J connectivity index is 1.84. The van der Waals surface area contributed by atoms with Crippen LogP contribution in [0.15, 0.2) is 65.6 Å². The largest absolute Gasteiger partial charge is 0.480 e. The zero-order valence-electron chi connectivity index (χ0n) is 19.4. The van der Waals surface area contributed by atoms with Crippen LogP contribution in [0.4, 0.5) is 0 Å². The molecule has 0 saturated carbocycles. The van der Waals surface area contributed by atoms with Crippen molar-refractivity contribution >= 4 is 32.8 Å². The van der Waals surface area contributed by atoms with Crippen LogP contribution in [-0.4, -0.2) is 42.5 Å². The zero-order chi connectivity index (χ0) is 24.9. The van der Waals surface area contributed by atoms with Gasteiger partial charge in [-0.25, -0.2) is 13.2 Å². The maximum Gasteiger partial charge on any atom is 0.326 e. The number of amides is 1. The lowest BCUT2D eigenvalue weighted by Gasteiger charge is -2.23. The highest BCUT2D eigenvalue weighted by molar-refractivity contribution is 7.89. The standard InChI is InChI=1S/C25H29N3O5S/c1-16(2)23(25(30)31)27-24(29)22(28-34(32,33)20-13-8-17(3)9-14-20)15-12-19-11-10-18-6-4-5-7-21(18)26-19/h4-11,13-14,16,22-23,28H,12,15H2,1-3H3,(H,27,29)(H,30,31). The molecule has 1 aromatic heterocycles. The molecule has 0 aliphatic carbocycles. The van der Waals surface area contributed by atoms with E-state index in [0.717, 1.165) is 16.5 Å². The van der Waals surface area contributed by atoms with Crippen molar-refractivity contribution in [1.29, 1.82) is 0 Å². The molecule has 0 fully saturated rings. The molecule has 2 atom stereocenters. The molecule has 1 heterocycles. The first kappa shape index (κ1) is 25.3. The van der Waals surface area contributed by atoms with Gasteiger partial charge in [0.15, 0.2) is 0 Å². The Hall–Kier alpha value is -3.30. The number of benzene rings is 2. The van der Waals surface area contributed by atoms with E-state index in [1.807, 2.05) is 43.3 Å². The number of carboxylic acid groups (broad SMARTS) is 1. The van der Waals surface area contributed by atoms with E-state index in [2.05, 4.69) is 15.0 Å². The quantitative estimate of drug-likeness (QED) is 0.407. The van der Waals surface area contributed by atoms with Crippen LogP contribution in [0.1, 0.15) is 31.5 Å². The Morgan fingerprint density at radius 3 is 2.32 bits per heavy atom. The van der Waals surface area contributed by atoms with Crippen LogP contribution in [0.3, 0.4) is 0 Å². The summed E-state index contributed by atoms with van der Waals surface area (Å²) in [5.41, 5.74) is 2.40. The van der Waals surface area contributed by atoms with Crippen molar-refractivity contribution in [3.05, 3.63) is 71.9 Å². The molecule has 0 aliphatic heterocycles. The van der Waals surface area contributed by atoms with Crippen LogP contribution in [0, 0.1) is 12.8 Å². The van der Waals surface area contributed by atoms with Gasteiger partial charge in [0.05, 0.1) is 10.4 Å². The fourth-order valence-corrected chi connectivity index (χ4v) is 4.75. The molecule has 0 aliphatic rings. The van der Waals surface area contributed by atoms with Gasteiger partial charge in [-0.3, -0.25) is 9.78 Å². The molecule has 1 amide bonds. The van der Waals surface area contributed by atoms with E-state index in [-0.39, 0.29) is 17.2 Å². The SMILES string of the molecule is Cc1ccc(S(=O)(=O)NC(CCc2ccc3ccccc3n2)C(=O)NC(C(=O)O)C(C)C)cc1. The van der Waals surface area contributed by atoms with Gasteiger partial charge in [0.1, 0.15) is 12.1 Å². The highest BCUT2D eigenvalue weighted by Gasteiger charge is 2.30. The highest BCUT2D eigenvalue weighted by Crippen LogP contribution is 2.16. The van der Waals surface area contributed by atoms with Crippen molar-refractivity contribution in [3.8, 4) is 0 Å². The molecular formula is C25H29N3O5S. The third-order valence-corrected chi connectivity index (χ3v) is 7.01. The summed E-state index contributed by atoms with van der Waals surface area (Å²) in [4.78, 5) is 29.2. The molecule has 3 aromatic rings.